The molecule has 0 bridgehead atoms. The third kappa shape index (κ3) is 5.76. The summed E-state index contributed by atoms with van der Waals surface area (Å²) >= 11 is 7.14. The second-order valence-electron chi connectivity index (χ2n) is 7.35. The van der Waals surface area contributed by atoms with Gasteiger partial charge in [-0.15, -0.1) is 10.2 Å². The second kappa shape index (κ2) is 11.2. The van der Waals surface area contributed by atoms with E-state index < -0.39 is 5.82 Å². The number of carbonyl (C=O) groups is 1. The van der Waals surface area contributed by atoms with Crippen molar-refractivity contribution in [1.82, 2.24) is 14.8 Å². The van der Waals surface area contributed by atoms with Crippen molar-refractivity contribution in [3.63, 3.8) is 0 Å². The summed E-state index contributed by atoms with van der Waals surface area (Å²) < 4.78 is 21.5. The molecule has 34 heavy (non-hydrogen) atoms. The quantitative estimate of drug-likeness (QED) is 0.300. The molecule has 1 aromatic heterocycles. The number of halogens is 2. The Bertz CT molecular complexity index is 1280. The minimum absolute atomic E-state index is 0.0291. The maximum absolute atomic E-state index is 14.0. The van der Waals surface area contributed by atoms with Crippen LogP contribution in [0.5, 0.6) is 5.75 Å². The summed E-state index contributed by atoms with van der Waals surface area (Å²) in [7, 11) is 1.61. The molecule has 0 aliphatic carbocycles. The highest BCUT2D eigenvalue weighted by molar-refractivity contribution is 7.99. The molecule has 6 nitrogen and oxygen atoms in total. The van der Waals surface area contributed by atoms with E-state index in [4.69, 9.17) is 16.3 Å². The Morgan fingerprint density at radius 3 is 2.65 bits per heavy atom. The van der Waals surface area contributed by atoms with E-state index in [2.05, 4.69) is 27.6 Å². The maximum Gasteiger partial charge on any atom is 0.234 e. The van der Waals surface area contributed by atoms with Gasteiger partial charge in [0.15, 0.2) is 11.0 Å². The van der Waals surface area contributed by atoms with Crippen LogP contribution in [0.2, 0.25) is 5.02 Å². The van der Waals surface area contributed by atoms with Crippen LogP contribution in [0, 0.1) is 5.82 Å². The number of anilines is 1. The third-order valence-corrected chi connectivity index (χ3v) is 6.27. The van der Waals surface area contributed by atoms with Crippen LogP contribution >= 0.6 is 23.4 Å². The summed E-state index contributed by atoms with van der Waals surface area (Å²) in [4.78, 5) is 12.5. The topological polar surface area (TPSA) is 69.0 Å². The largest absolute Gasteiger partial charge is 0.496 e. The van der Waals surface area contributed by atoms with Gasteiger partial charge in [-0.25, -0.2) is 4.39 Å². The first-order chi connectivity index (χ1) is 16.5. The van der Waals surface area contributed by atoms with Gasteiger partial charge < -0.3 is 14.6 Å². The van der Waals surface area contributed by atoms with Gasteiger partial charge in [0.2, 0.25) is 5.91 Å². The van der Waals surface area contributed by atoms with Gasteiger partial charge in [-0.1, -0.05) is 65.8 Å². The monoisotopic (exact) mass is 496 g/mol. The summed E-state index contributed by atoms with van der Waals surface area (Å²) in [5.74, 6) is 0.440. The zero-order chi connectivity index (χ0) is 23.9. The number of hydrogen-bond donors (Lipinski definition) is 1. The molecule has 9 heteroatoms. The Labute approximate surface area is 206 Å². The lowest BCUT2D eigenvalue weighted by atomic mass is 10.1. The highest BCUT2D eigenvalue weighted by Crippen LogP contribution is 2.31. The summed E-state index contributed by atoms with van der Waals surface area (Å²) in [6, 6.07) is 21.7. The number of amides is 1. The van der Waals surface area contributed by atoms with Crippen LogP contribution < -0.4 is 10.1 Å². The van der Waals surface area contributed by atoms with Crippen LogP contribution in [-0.2, 0) is 17.8 Å². The van der Waals surface area contributed by atoms with Crippen LogP contribution in [0.3, 0.4) is 0 Å². The van der Waals surface area contributed by atoms with Crippen molar-refractivity contribution in [2.75, 3.05) is 18.2 Å². The van der Waals surface area contributed by atoms with Gasteiger partial charge in [0, 0.05) is 11.6 Å². The molecule has 0 atom stereocenters. The first-order valence-corrected chi connectivity index (χ1v) is 11.9. The van der Waals surface area contributed by atoms with Gasteiger partial charge >= 0.3 is 0 Å². The van der Waals surface area contributed by atoms with E-state index in [1.807, 2.05) is 47.0 Å². The molecule has 0 fully saturated rings. The van der Waals surface area contributed by atoms with Gasteiger partial charge in [0.1, 0.15) is 11.6 Å². The average Bonchev–Trinajstić information content (AvgIpc) is 3.26. The van der Waals surface area contributed by atoms with Gasteiger partial charge in [-0.2, -0.15) is 0 Å². The van der Waals surface area contributed by atoms with Crippen molar-refractivity contribution >= 4 is 35.0 Å². The summed E-state index contributed by atoms with van der Waals surface area (Å²) in [5.41, 5.74) is 2.02. The van der Waals surface area contributed by atoms with Crippen molar-refractivity contribution in [3.05, 3.63) is 89.2 Å². The smallest absolute Gasteiger partial charge is 0.234 e. The van der Waals surface area contributed by atoms with Crippen molar-refractivity contribution in [1.29, 1.82) is 0 Å². The Balaban J connectivity index is 1.55. The van der Waals surface area contributed by atoms with Crippen LogP contribution in [-0.4, -0.2) is 33.5 Å². The number of aromatic nitrogens is 3. The van der Waals surface area contributed by atoms with E-state index >= 15 is 0 Å². The molecule has 0 saturated heterocycles. The number of benzene rings is 3. The fourth-order valence-electron chi connectivity index (χ4n) is 3.42. The second-order valence-corrected chi connectivity index (χ2v) is 8.73. The zero-order valence-electron chi connectivity index (χ0n) is 18.4. The molecule has 4 rings (SSSR count). The minimum Gasteiger partial charge on any atom is -0.496 e. The third-order valence-electron chi connectivity index (χ3n) is 5.07. The fraction of sp³-hybridized carbons (Fsp3) is 0.160. The highest BCUT2D eigenvalue weighted by Gasteiger charge is 2.19. The van der Waals surface area contributed by atoms with Crippen LogP contribution in [0.15, 0.2) is 78.0 Å². The van der Waals surface area contributed by atoms with E-state index in [1.165, 1.54) is 35.5 Å². The van der Waals surface area contributed by atoms with Crippen molar-refractivity contribution in [2.45, 2.75) is 18.1 Å². The van der Waals surface area contributed by atoms with Gasteiger partial charge in [0.05, 0.1) is 24.1 Å². The number of aryl methyl sites for hydroxylation is 1. The van der Waals surface area contributed by atoms with Crippen molar-refractivity contribution < 1.29 is 13.9 Å². The van der Waals surface area contributed by atoms with E-state index in [-0.39, 0.29) is 17.3 Å². The number of thioether (sulfide) groups is 1. The molecular weight excluding hydrogens is 475 g/mol. The molecule has 0 radical (unpaired) electrons. The SMILES string of the molecule is COc1ccccc1-c1nnc(SCC(=O)Nc2cc(Cl)ccc2F)n1CCc1ccccc1. The maximum atomic E-state index is 14.0. The number of para-hydroxylation sites is 1. The zero-order valence-corrected chi connectivity index (χ0v) is 19.9. The predicted molar refractivity (Wildman–Crippen MR) is 133 cm³/mol. The summed E-state index contributed by atoms with van der Waals surface area (Å²) in [6.07, 6.45) is 0.758. The minimum atomic E-state index is -0.549. The van der Waals surface area contributed by atoms with Gasteiger partial charge in [-0.05, 0) is 42.3 Å². The lowest BCUT2D eigenvalue weighted by Gasteiger charge is -2.12. The first kappa shape index (κ1) is 23.8. The number of ether oxygens (including phenoxy) is 1. The molecule has 1 amide bonds. The van der Waals surface area contributed by atoms with Gasteiger partial charge in [0.25, 0.3) is 0 Å². The molecule has 0 aliphatic rings. The summed E-state index contributed by atoms with van der Waals surface area (Å²) in [5, 5.41) is 12.2. The Hall–Kier alpha value is -3.36. The number of methoxy groups -OCH3 is 1. The van der Waals surface area contributed by atoms with E-state index in [0.717, 1.165) is 12.0 Å². The lowest BCUT2D eigenvalue weighted by molar-refractivity contribution is -0.113. The normalized spacial score (nSPS) is 10.8. The number of nitrogens with one attached hydrogen (secondary N) is 1. The van der Waals surface area contributed by atoms with E-state index in [9.17, 15) is 9.18 Å². The molecular formula is C25H22ClFN4O2S. The van der Waals surface area contributed by atoms with Crippen molar-refractivity contribution in [3.8, 4) is 17.1 Å². The average molecular weight is 497 g/mol. The molecule has 3 aromatic carbocycles. The first-order valence-electron chi connectivity index (χ1n) is 10.5. The standard InChI is InChI=1S/C25H22ClFN4O2S/c1-33-22-10-6-5-9-19(22)24-29-30-25(31(24)14-13-17-7-3-2-4-8-17)34-16-23(32)28-21-15-18(26)11-12-20(21)27/h2-12,15H,13-14,16H2,1H3,(H,28,32). The van der Waals surface area contributed by atoms with E-state index in [1.54, 1.807) is 7.11 Å². The lowest BCUT2D eigenvalue weighted by Crippen LogP contribution is -2.16. The van der Waals surface area contributed by atoms with Gasteiger partial charge in [-0.3, -0.25) is 4.79 Å². The van der Waals surface area contributed by atoms with Crippen LogP contribution in [0.25, 0.3) is 11.4 Å². The molecule has 1 N–H and O–H groups in total. The molecule has 4 aromatic rings. The van der Waals surface area contributed by atoms with Crippen molar-refractivity contribution in [2.24, 2.45) is 0 Å². The molecule has 0 saturated carbocycles. The molecule has 0 unspecified atom stereocenters. The number of nitrogens with zero attached hydrogens (tertiary/aromatic N) is 3. The fourth-order valence-corrected chi connectivity index (χ4v) is 4.36. The Morgan fingerprint density at radius 2 is 1.85 bits per heavy atom. The molecule has 174 valence electrons. The highest BCUT2D eigenvalue weighted by atomic mass is 35.5. The number of carbonyl (C=O) groups excluding carboxylic acids is 1. The molecule has 0 aliphatic heterocycles. The van der Waals surface area contributed by atoms with Crippen LogP contribution in [0.1, 0.15) is 5.56 Å². The number of hydrogen-bond acceptors (Lipinski definition) is 5. The molecule has 0 spiro atoms. The Kier molecular flexibility index (Phi) is 7.82. The number of rotatable bonds is 9. The van der Waals surface area contributed by atoms with Crippen LogP contribution in [0.4, 0.5) is 10.1 Å². The summed E-state index contributed by atoms with van der Waals surface area (Å²) in [6.45, 7) is 0.608. The molecule has 1 heterocycles. The predicted octanol–water partition coefficient (Wildman–Crippen LogP) is 5.72. The Morgan fingerprint density at radius 1 is 1.09 bits per heavy atom. The van der Waals surface area contributed by atoms with E-state index in [0.29, 0.717) is 28.3 Å².